The number of rotatable bonds is 3. The summed E-state index contributed by atoms with van der Waals surface area (Å²) in [5, 5.41) is 3.89. The molecular formula is C15H12F2N4O. The van der Waals surface area contributed by atoms with Crippen LogP contribution in [0.1, 0.15) is 35.4 Å². The Kier molecular flexibility index (Phi) is 2.82. The van der Waals surface area contributed by atoms with Gasteiger partial charge >= 0.3 is 0 Å². The van der Waals surface area contributed by atoms with Crippen molar-refractivity contribution >= 4 is 0 Å². The average Bonchev–Trinajstić information content (AvgIpc) is 2.92. The van der Waals surface area contributed by atoms with Gasteiger partial charge in [-0.15, -0.1) is 0 Å². The van der Waals surface area contributed by atoms with Gasteiger partial charge in [-0.1, -0.05) is 11.2 Å². The van der Waals surface area contributed by atoms with Crippen LogP contribution in [0.3, 0.4) is 0 Å². The molecule has 0 radical (unpaired) electrons. The molecule has 5 nitrogen and oxygen atoms in total. The highest BCUT2D eigenvalue weighted by atomic mass is 19.1. The number of aromatic amines is 1. The highest BCUT2D eigenvalue weighted by Crippen LogP contribution is 2.54. The van der Waals surface area contributed by atoms with Crippen LogP contribution in [0.2, 0.25) is 0 Å². The quantitative estimate of drug-likeness (QED) is 0.806. The van der Waals surface area contributed by atoms with Crippen molar-refractivity contribution < 1.29 is 13.3 Å². The number of hydrogen-bond acceptors (Lipinski definition) is 4. The molecule has 22 heavy (non-hydrogen) atoms. The van der Waals surface area contributed by atoms with Gasteiger partial charge in [-0.2, -0.15) is 4.98 Å². The van der Waals surface area contributed by atoms with Gasteiger partial charge in [-0.25, -0.2) is 13.8 Å². The third kappa shape index (κ3) is 2.18. The highest BCUT2D eigenvalue weighted by molar-refractivity contribution is 5.43. The van der Waals surface area contributed by atoms with E-state index in [1.807, 2.05) is 6.92 Å². The summed E-state index contributed by atoms with van der Waals surface area (Å²) >= 11 is 0. The Morgan fingerprint density at radius 2 is 2.14 bits per heavy atom. The maximum atomic E-state index is 13.8. The molecule has 1 aromatic carbocycles. The molecule has 1 aliphatic carbocycles. The number of H-pyrrole nitrogens is 1. The topological polar surface area (TPSA) is 67.6 Å². The van der Waals surface area contributed by atoms with Gasteiger partial charge in [0.05, 0.1) is 0 Å². The summed E-state index contributed by atoms with van der Waals surface area (Å²) in [6, 6.07) is 3.64. The van der Waals surface area contributed by atoms with Crippen molar-refractivity contribution in [2.75, 3.05) is 0 Å². The minimum absolute atomic E-state index is 0.0303. The zero-order valence-corrected chi connectivity index (χ0v) is 11.7. The number of hydrogen-bond donors (Lipinski definition) is 1. The number of benzene rings is 1. The second-order valence-electron chi connectivity index (χ2n) is 5.49. The molecule has 4 rings (SSSR count). The molecule has 3 aromatic rings. The van der Waals surface area contributed by atoms with Crippen molar-refractivity contribution in [1.29, 1.82) is 0 Å². The number of halogens is 2. The largest absolute Gasteiger partial charge is 0.339 e. The van der Waals surface area contributed by atoms with Gasteiger partial charge in [0.25, 0.3) is 0 Å². The SMILES string of the molecule is Cc1cnc(-c2noc([C@@H]3C[C@H]3c3ccc(F)cc3F)n2)[nH]1. The molecule has 1 aliphatic rings. The van der Waals surface area contributed by atoms with Crippen molar-refractivity contribution in [3.63, 3.8) is 0 Å². The second-order valence-corrected chi connectivity index (χ2v) is 5.49. The summed E-state index contributed by atoms with van der Waals surface area (Å²) in [5.41, 5.74) is 1.39. The Morgan fingerprint density at radius 1 is 1.27 bits per heavy atom. The van der Waals surface area contributed by atoms with Crippen molar-refractivity contribution in [2.24, 2.45) is 0 Å². The van der Waals surface area contributed by atoms with Crippen LogP contribution in [0.15, 0.2) is 28.9 Å². The van der Waals surface area contributed by atoms with Crippen LogP contribution in [0.25, 0.3) is 11.6 Å². The van der Waals surface area contributed by atoms with E-state index in [-0.39, 0.29) is 11.8 Å². The molecule has 0 bridgehead atoms. The van der Waals surface area contributed by atoms with Gasteiger partial charge in [0.1, 0.15) is 11.6 Å². The van der Waals surface area contributed by atoms with Crippen molar-refractivity contribution in [3.05, 3.63) is 53.2 Å². The van der Waals surface area contributed by atoms with Gasteiger partial charge < -0.3 is 9.51 Å². The molecule has 0 aliphatic heterocycles. The molecule has 0 unspecified atom stereocenters. The first kappa shape index (κ1) is 13.1. The molecule has 112 valence electrons. The van der Waals surface area contributed by atoms with Crippen LogP contribution in [0, 0.1) is 18.6 Å². The van der Waals surface area contributed by atoms with Crippen molar-refractivity contribution in [3.8, 4) is 11.6 Å². The van der Waals surface area contributed by atoms with Crippen LogP contribution >= 0.6 is 0 Å². The lowest BCUT2D eigenvalue weighted by Crippen LogP contribution is -1.91. The maximum Gasteiger partial charge on any atom is 0.238 e. The van der Waals surface area contributed by atoms with Gasteiger partial charge in [-0.3, -0.25) is 0 Å². The zero-order chi connectivity index (χ0) is 15.3. The molecule has 7 heteroatoms. The lowest BCUT2D eigenvalue weighted by Gasteiger charge is -2.00. The smallest absolute Gasteiger partial charge is 0.238 e. The van der Waals surface area contributed by atoms with E-state index in [1.54, 1.807) is 6.20 Å². The monoisotopic (exact) mass is 302 g/mol. The van der Waals surface area contributed by atoms with Crippen LogP contribution < -0.4 is 0 Å². The van der Waals surface area contributed by atoms with Gasteiger partial charge in [0, 0.05) is 23.9 Å². The summed E-state index contributed by atoms with van der Waals surface area (Å²) in [7, 11) is 0. The Balaban J connectivity index is 1.56. The molecule has 1 fully saturated rings. The summed E-state index contributed by atoms with van der Waals surface area (Å²) in [5.74, 6) is 0.189. The summed E-state index contributed by atoms with van der Waals surface area (Å²) in [6.45, 7) is 1.88. The molecule has 0 saturated heterocycles. The second kappa shape index (κ2) is 4.72. The van der Waals surface area contributed by atoms with Crippen molar-refractivity contribution in [2.45, 2.75) is 25.2 Å². The van der Waals surface area contributed by atoms with Crippen LogP contribution in [-0.4, -0.2) is 20.1 Å². The van der Waals surface area contributed by atoms with Crippen LogP contribution in [0.4, 0.5) is 8.78 Å². The molecule has 0 spiro atoms. The van der Waals surface area contributed by atoms with E-state index in [4.69, 9.17) is 4.52 Å². The number of imidazole rings is 1. The number of nitrogens with one attached hydrogen (secondary N) is 1. The van der Waals surface area contributed by atoms with Gasteiger partial charge in [-0.05, 0) is 30.9 Å². The normalized spacial score (nSPS) is 20.3. The van der Waals surface area contributed by atoms with Crippen LogP contribution in [0.5, 0.6) is 0 Å². The van der Waals surface area contributed by atoms with E-state index < -0.39 is 11.6 Å². The highest BCUT2D eigenvalue weighted by Gasteiger charge is 2.45. The third-order valence-electron chi connectivity index (χ3n) is 3.83. The van der Waals surface area contributed by atoms with E-state index in [0.717, 1.165) is 11.8 Å². The molecule has 2 aromatic heterocycles. The number of aromatic nitrogens is 4. The first-order valence-corrected chi connectivity index (χ1v) is 6.92. The molecule has 0 amide bonds. The molecular weight excluding hydrogens is 290 g/mol. The predicted molar refractivity (Wildman–Crippen MR) is 73.1 cm³/mol. The Bertz CT molecular complexity index is 842. The fourth-order valence-electron chi connectivity index (χ4n) is 2.62. The first-order chi connectivity index (χ1) is 10.6. The minimum atomic E-state index is -0.577. The summed E-state index contributed by atoms with van der Waals surface area (Å²) < 4.78 is 32.0. The van der Waals surface area contributed by atoms with Crippen LogP contribution in [-0.2, 0) is 0 Å². The number of nitrogens with zero attached hydrogens (tertiary/aromatic N) is 3. The summed E-state index contributed by atoms with van der Waals surface area (Å²) in [4.78, 5) is 11.5. The van der Waals surface area contributed by atoms with Crippen molar-refractivity contribution in [1.82, 2.24) is 20.1 Å². The molecule has 2 atom stereocenters. The standard InChI is InChI=1S/C15H12F2N4O/c1-7-6-18-13(19-7)14-20-15(22-21-14)11-5-10(11)9-3-2-8(16)4-12(9)17/h2-4,6,10-11H,5H2,1H3,(H,18,19)/t10-,11+/m0/s1. The van der Waals surface area contributed by atoms with Gasteiger partial charge in [0.15, 0.2) is 5.82 Å². The van der Waals surface area contributed by atoms with Gasteiger partial charge in [0.2, 0.25) is 11.7 Å². The lowest BCUT2D eigenvalue weighted by atomic mass is 10.1. The number of aryl methyl sites for hydroxylation is 1. The minimum Gasteiger partial charge on any atom is -0.339 e. The fraction of sp³-hybridized carbons (Fsp3) is 0.267. The molecule has 2 heterocycles. The first-order valence-electron chi connectivity index (χ1n) is 6.92. The molecule has 1 N–H and O–H groups in total. The van der Waals surface area contributed by atoms with E-state index in [2.05, 4.69) is 20.1 Å². The Morgan fingerprint density at radius 3 is 2.86 bits per heavy atom. The Hall–Kier alpha value is -2.57. The Labute approximate surface area is 124 Å². The fourth-order valence-corrected chi connectivity index (χ4v) is 2.62. The lowest BCUT2D eigenvalue weighted by molar-refractivity contribution is 0.378. The third-order valence-corrected chi connectivity index (χ3v) is 3.83. The summed E-state index contributed by atoms with van der Waals surface area (Å²) in [6.07, 6.45) is 2.39. The van der Waals surface area contributed by atoms with E-state index in [0.29, 0.717) is 29.5 Å². The van der Waals surface area contributed by atoms with E-state index >= 15 is 0 Å². The van der Waals surface area contributed by atoms with E-state index in [9.17, 15) is 8.78 Å². The average molecular weight is 302 g/mol. The predicted octanol–water partition coefficient (Wildman–Crippen LogP) is 3.32. The van der Waals surface area contributed by atoms with E-state index in [1.165, 1.54) is 12.1 Å². The molecule has 1 saturated carbocycles. The zero-order valence-electron chi connectivity index (χ0n) is 11.7. The maximum absolute atomic E-state index is 13.8.